The molecule has 0 aromatic heterocycles. The smallest absolute Gasteiger partial charge is 0.374 e. The highest BCUT2D eigenvalue weighted by Gasteiger charge is 2.16. The SMILES string of the molecule is COC(=O)C(=O)Cc1cc(Cl)ccc1Cl. The molecule has 5 heteroatoms. The van der Waals surface area contributed by atoms with Crippen LogP contribution in [0.25, 0.3) is 0 Å². The maximum Gasteiger partial charge on any atom is 0.374 e. The quantitative estimate of drug-likeness (QED) is 0.607. The number of carbonyl (C=O) groups is 2. The van der Waals surface area contributed by atoms with Crippen LogP contribution in [-0.4, -0.2) is 18.9 Å². The summed E-state index contributed by atoms with van der Waals surface area (Å²) in [5.74, 6) is -1.53. The summed E-state index contributed by atoms with van der Waals surface area (Å²) < 4.78 is 4.29. The molecule has 0 aliphatic heterocycles. The highest BCUT2D eigenvalue weighted by atomic mass is 35.5. The standard InChI is InChI=1S/C10H8Cl2O3/c1-15-10(14)9(13)5-6-4-7(11)2-3-8(6)12/h2-4H,5H2,1H3. The number of esters is 1. The number of Topliss-reactive ketones (excluding diaryl/α,β-unsaturated/α-hetero) is 1. The third-order valence-electron chi connectivity index (χ3n) is 1.77. The van der Waals surface area contributed by atoms with Gasteiger partial charge in [-0.3, -0.25) is 4.79 Å². The summed E-state index contributed by atoms with van der Waals surface area (Å²) in [6.07, 6.45) is -0.105. The fourth-order valence-corrected chi connectivity index (χ4v) is 1.42. The van der Waals surface area contributed by atoms with E-state index in [1.165, 1.54) is 0 Å². The molecule has 0 aliphatic rings. The molecule has 0 bridgehead atoms. The van der Waals surface area contributed by atoms with Gasteiger partial charge in [0.25, 0.3) is 0 Å². The first-order chi connectivity index (χ1) is 7.04. The van der Waals surface area contributed by atoms with E-state index in [-0.39, 0.29) is 6.42 Å². The zero-order chi connectivity index (χ0) is 11.4. The molecule has 1 aromatic rings. The van der Waals surface area contributed by atoms with E-state index in [9.17, 15) is 9.59 Å². The summed E-state index contributed by atoms with van der Waals surface area (Å²) in [5.41, 5.74) is 0.513. The number of carbonyl (C=O) groups excluding carboxylic acids is 2. The van der Waals surface area contributed by atoms with Crippen LogP contribution in [0.1, 0.15) is 5.56 Å². The second-order valence-corrected chi connectivity index (χ2v) is 3.67. The first kappa shape index (κ1) is 12.0. The molecular weight excluding hydrogens is 239 g/mol. The van der Waals surface area contributed by atoms with E-state index in [2.05, 4.69) is 4.74 Å². The molecule has 0 spiro atoms. The average molecular weight is 247 g/mol. The lowest BCUT2D eigenvalue weighted by molar-refractivity contribution is -0.151. The summed E-state index contributed by atoms with van der Waals surface area (Å²) in [4.78, 5) is 22.1. The molecule has 0 aliphatic carbocycles. The van der Waals surface area contributed by atoms with E-state index in [0.29, 0.717) is 15.6 Å². The van der Waals surface area contributed by atoms with Gasteiger partial charge in [0.15, 0.2) is 0 Å². The van der Waals surface area contributed by atoms with Crippen molar-refractivity contribution in [1.82, 2.24) is 0 Å². The van der Waals surface area contributed by atoms with Crippen molar-refractivity contribution in [2.45, 2.75) is 6.42 Å². The largest absolute Gasteiger partial charge is 0.463 e. The summed E-state index contributed by atoms with van der Waals surface area (Å²) in [6, 6.07) is 4.73. The number of hydrogen-bond acceptors (Lipinski definition) is 3. The summed E-state index contributed by atoms with van der Waals surface area (Å²) in [6.45, 7) is 0. The number of hydrogen-bond donors (Lipinski definition) is 0. The summed E-state index contributed by atoms with van der Waals surface area (Å²) in [5, 5.41) is 0.865. The second-order valence-electron chi connectivity index (χ2n) is 2.83. The van der Waals surface area contributed by atoms with Crippen molar-refractivity contribution < 1.29 is 14.3 Å². The predicted octanol–water partition coefficient (Wildman–Crippen LogP) is 2.28. The fraction of sp³-hybridized carbons (Fsp3) is 0.200. The molecule has 0 atom stereocenters. The molecule has 3 nitrogen and oxygen atoms in total. The van der Waals surface area contributed by atoms with Gasteiger partial charge in [-0.1, -0.05) is 23.2 Å². The van der Waals surface area contributed by atoms with E-state index >= 15 is 0 Å². The van der Waals surface area contributed by atoms with Crippen molar-refractivity contribution in [1.29, 1.82) is 0 Å². The van der Waals surface area contributed by atoms with Crippen molar-refractivity contribution in [2.24, 2.45) is 0 Å². The first-order valence-electron chi connectivity index (χ1n) is 4.09. The maximum atomic E-state index is 11.2. The van der Waals surface area contributed by atoms with Crippen molar-refractivity contribution in [2.75, 3.05) is 7.11 Å². The molecule has 0 amide bonds. The predicted molar refractivity (Wildman–Crippen MR) is 57.2 cm³/mol. The Morgan fingerprint density at radius 1 is 1.33 bits per heavy atom. The Morgan fingerprint density at radius 3 is 2.60 bits per heavy atom. The number of ether oxygens (including phenoxy) is 1. The van der Waals surface area contributed by atoms with Gasteiger partial charge < -0.3 is 4.74 Å². The highest BCUT2D eigenvalue weighted by molar-refractivity contribution is 6.36. The van der Waals surface area contributed by atoms with Crippen LogP contribution >= 0.6 is 23.2 Å². The maximum absolute atomic E-state index is 11.2. The lowest BCUT2D eigenvalue weighted by atomic mass is 10.1. The number of ketones is 1. The minimum atomic E-state index is -0.883. The van der Waals surface area contributed by atoms with Crippen LogP contribution < -0.4 is 0 Å². The second kappa shape index (κ2) is 5.14. The summed E-state index contributed by atoms with van der Waals surface area (Å²) >= 11 is 11.6. The molecule has 0 saturated heterocycles. The molecule has 0 heterocycles. The third kappa shape index (κ3) is 3.22. The Labute approximate surface area is 96.9 Å². The van der Waals surface area contributed by atoms with Gasteiger partial charge in [0.1, 0.15) is 0 Å². The van der Waals surface area contributed by atoms with Crippen LogP contribution in [0.3, 0.4) is 0 Å². The van der Waals surface area contributed by atoms with Gasteiger partial charge in [0, 0.05) is 16.5 Å². The molecule has 80 valence electrons. The minimum absolute atomic E-state index is 0.105. The van der Waals surface area contributed by atoms with Gasteiger partial charge in [0.05, 0.1) is 7.11 Å². The molecule has 1 aromatic carbocycles. The van der Waals surface area contributed by atoms with Crippen LogP contribution in [-0.2, 0) is 20.7 Å². The van der Waals surface area contributed by atoms with Crippen LogP contribution in [0.5, 0.6) is 0 Å². The minimum Gasteiger partial charge on any atom is -0.463 e. The van der Waals surface area contributed by atoms with E-state index in [4.69, 9.17) is 23.2 Å². The van der Waals surface area contributed by atoms with Crippen LogP contribution in [0.4, 0.5) is 0 Å². The molecule has 0 fully saturated rings. The highest BCUT2D eigenvalue weighted by Crippen LogP contribution is 2.21. The van der Waals surface area contributed by atoms with E-state index in [1.807, 2.05) is 0 Å². The molecule has 0 saturated carbocycles. The zero-order valence-electron chi connectivity index (χ0n) is 7.92. The molecular formula is C10H8Cl2O3. The zero-order valence-corrected chi connectivity index (χ0v) is 9.43. The average Bonchev–Trinajstić information content (AvgIpc) is 2.22. The van der Waals surface area contributed by atoms with E-state index in [0.717, 1.165) is 7.11 Å². The molecule has 0 N–H and O–H groups in total. The topological polar surface area (TPSA) is 43.4 Å². The van der Waals surface area contributed by atoms with E-state index in [1.54, 1.807) is 18.2 Å². The lowest BCUT2D eigenvalue weighted by Gasteiger charge is -2.03. The van der Waals surface area contributed by atoms with Gasteiger partial charge in [-0.25, -0.2) is 4.79 Å². The summed E-state index contributed by atoms with van der Waals surface area (Å²) in [7, 11) is 1.15. The molecule has 1 rings (SSSR count). The van der Waals surface area contributed by atoms with Gasteiger partial charge in [-0.2, -0.15) is 0 Å². The van der Waals surface area contributed by atoms with Crippen LogP contribution in [0.15, 0.2) is 18.2 Å². The van der Waals surface area contributed by atoms with Crippen molar-refractivity contribution >= 4 is 35.0 Å². The number of rotatable bonds is 3. The Bertz CT molecular complexity index is 402. The van der Waals surface area contributed by atoms with Gasteiger partial charge in [0.2, 0.25) is 5.78 Å². The number of halogens is 2. The monoisotopic (exact) mass is 246 g/mol. The van der Waals surface area contributed by atoms with E-state index < -0.39 is 11.8 Å². The van der Waals surface area contributed by atoms with Gasteiger partial charge in [-0.05, 0) is 23.8 Å². The van der Waals surface area contributed by atoms with Crippen LogP contribution in [0.2, 0.25) is 10.0 Å². The fourth-order valence-electron chi connectivity index (χ4n) is 1.04. The van der Waals surface area contributed by atoms with Crippen molar-refractivity contribution in [3.05, 3.63) is 33.8 Å². The normalized spacial score (nSPS) is 9.80. The molecule has 0 radical (unpaired) electrons. The Hall–Kier alpha value is -1.06. The Morgan fingerprint density at radius 2 is 2.00 bits per heavy atom. The number of methoxy groups -OCH3 is 1. The number of benzene rings is 1. The first-order valence-corrected chi connectivity index (χ1v) is 4.85. The third-order valence-corrected chi connectivity index (χ3v) is 2.38. The molecule has 15 heavy (non-hydrogen) atoms. The Balaban J connectivity index is 2.85. The Kier molecular flexibility index (Phi) is 4.12. The molecule has 0 unspecified atom stereocenters. The lowest BCUT2D eigenvalue weighted by Crippen LogP contribution is -2.17. The van der Waals surface area contributed by atoms with Gasteiger partial charge >= 0.3 is 5.97 Å². The van der Waals surface area contributed by atoms with Crippen molar-refractivity contribution in [3.8, 4) is 0 Å². The van der Waals surface area contributed by atoms with Crippen molar-refractivity contribution in [3.63, 3.8) is 0 Å². The van der Waals surface area contributed by atoms with Gasteiger partial charge in [-0.15, -0.1) is 0 Å². The van der Waals surface area contributed by atoms with Crippen LogP contribution in [0, 0.1) is 0 Å².